The molecular formula is C13H11N3O5S. The average Bonchev–Trinajstić information content (AvgIpc) is 3.01. The topological polar surface area (TPSA) is 107 Å². The fourth-order valence-electron chi connectivity index (χ4n) is 1.63. The molecule has 2 N–H and O–H groups in total. The molecule has 0 radical (unpaired) electrons. The van der Waals surface area contributed by atoms with Crippen LogP contribution >= 0.6 is 12.2 Å². The van der Waals surface area contributed by atoms with Crippen molar-refractivity contribution < 1.29 is 18.9 Å². The molecule has 1 aromatic heterocycles. The predicted molar refractivity (Wildman–Crippen MR) is 82.0 cm³/mol. The van der Waals surface area contributed by atoms with Crippen LogP contribution < -0.4 is 15.4 Å². The van der Waals surface area contributed by atoms with E-state index in [1.807, 2.05) is 0 Å². The van der Waals surface area contributed by atoms with Crippen LogP contribution in [0.2, 0.25) is 0 Å². The van der Waals surface area contributed by atoms with E-state index >= 15 is 0 Å². The molecule has 0 aliphatic rings. The molecule has 0 fully saturated rings. The van der Waals surface area contributed by atoms with E-state index < -0.39 is 10.8 Å². The van der Waals surface area contributed by atoms with Gasteiger partial charge in [-0.3, -0.25) is 20.2 Å². The maximum atomic E-state index is 11.8. The molecule has 0 saturated heterocycles. The molecule has 1 amide bonds. The second-order valence-corrected chi connectivity index (χ2v) is 4.44. The second-order valence-electron chi connectivity index (χ2n) is 4.03. The van der Waals surface area contributed by atoms with Crippen LogP contribution in [-0.2, 0) is 0 Å². The normalized spacial score (nSPS) is 9.86. The number of ether oxygens (including phenoxy) is 1. The van der Waals surface area contributed by atoms with Gasteiger partial charge in [-0.15, -0.1) is 0 Å². The molecule has 9 heteroatoms. The lowest BCUT2D eigenvalue weighted by Crippen LogP contribution is -2.34. The highest BCUT2D eigenvalue weighted by molar-refractivity contribution is 7.80. The number of hydrogen-bond acceptors (Lipinski definition) is 6. The van der Waals surface area contributed by atoms with Crippen LogP contribution in [-0.4, -0.2) is 23.1 Å². The monoisotopic (exact) mass is 321 g/mol. The highest BCUT2D eigenvalue weighted by Crippen LogP contribution is 2.28. The molecule has 0 unspecified atom stereocenters. The van der Waals surface area contributed by atoms with E-state index in [2.05, 4.69) is 10.6 Å². The predicted octanol–water partition coefficient (Wildman–Crippen LogP) is 2.32. The highest BCUT2D eigenvalue weighted by atomic mass is 32.1. The highest BCUT2D eigenvalue weighted by Gasteiger charge is 2.14. The molecule has 0 spiro atoms. The van der Waals surface area contributed by atoms with Crippen LogP contribution in [0.4, 0.5) is 11.4 Å². The maximum absolute atomic E-state index is 11.8. The molecule has 0 saturated carbocycles. The van der Waals surface area contributed by atoms with E-state index in [1.54, 1.807) is 6.07 Å². The molecule has 0 atom stereocenters. The van der Waals surface area contributed by atoms with Gasteiger partial charge in [-0.25, -0.2) is 0 Å². The number of anilines is 1. The third kappa shape index (κ3) is 3.58. The van der Waals surface area contributed by atoms with Gasteiger partial charge in [0.05, 0.1) is 24.0 Å². The Hall–Kier alpha value is -2.94. The summed E-state index contributed by atoms with van der Waals surface area (Å²) >= 11 is 4.99. The zero-order valence-corrected chi connectivity index (χ0v) is 12.2. The van der Waals surface area contributed by atoms with E-state index in [4.69, 9.17) is 21.4 Å². The Morgan fingerprint density at radius 1 is 1.41 bits per heavy atom. The van der Waals surface area contributed by atoms with Crippen LogP contribution in [0.5, 0.6) is 5.75 Å². The summed E-state index contributed by atoms with van der Waals surface area (Å²) in [6.07, 6.45) is 1.36. The summed E-state index contributed by atoms with van der Waals surface area (Å²) in [5.41, 5.74) is 0.130. The smallest absolute Gasteiger partial charge is 0.293 e. The number of nitrogens with one attached hydrogen (secondary N) is 2. The summed E-state index contributed by atoms with van der Waals surface area (Å²) in [5.74, 6) is -0.0951. The number of non-ortho nitro benzene ring substituents is 1. The fraction of sp³-hybridized carbons (Fsp3) is 0.0769. The first-order valence-electron chi connectivity index (χ1n) is 5.99. The van der Waals surface area contributed by atoms with Crippen molar-refractivity contribution in [1.82, 2.24) is 5.32 Å². The number of hydrogen-bond donors (Lipinski definition) is 2. The van der Waals surface area contributed by atoms with Gasteiger partial charge < -0.3 is 14.5 Å². The van der Waals surface area contributed by atoms with Gasteiger partial charge in [-0.2, -0.15) is 0 Å². The first kappa shape index (κ1) is 15.4. The molecule has 0 bridgehead atoms. The number of benzene rings is 1. The molecule has 0 aliphatic heterocycles. The summed E-state index contributed by atoms with van der Waals surface area (Å²) in [6, 6.07) is 7.02. The number of nitro groups is 1. The lowest BCUT2D eigenvalue weighted by molar-refractivity contribution is -0.384. The van der Waals surface area contributed by atoms with Gasteiger partial charge in [-0.1, -0.05) is 0 Å². The summed E-state index contributed by atoms with van der Waals surface area (Å²) in [6.45, 7) is 0. The minimum absolute atomic E-state index is 0.0415. The molecule has 1 heterocycles. The number of nitro benzene ring substituents is 1. The third-order valence-electron chi connectivity index (χ3n) is 2.61. The molecular weight excluding hydrogens is 310 g/mol. The van der Waals surface area contributed by atoms with Crippen molar-refractivity contribution in [3.63, 3.8) is 0 Å². The van der Waals surface area contributed by atoms with Gasteiger partial charge in [0, 0.05) is 12.1 Å². The van der Waals surface area contributed by atoms with Crippen LogP contribution in [0, 0.1) is 10.1 Å². The van der Waals surface area contributed by atoms with Crippen molar-refractivity contribution in [3.05, 3.63) is 52.5 Å². The van der Waals surface area contributed by atoms with Crippen molar-refractivity contribution in [2.45, 2.75) is 0 Å². The summed E-state index contributed by atoms with van der Waals surface area (Å²) in [7, 11) is 1.41. The molecule has 2 aromatic rings. The molecule has 22 heavy (non-hydrogen) atoms. The lowest BCUT2D eigenvalue weighted by atomic mass is 10.2. The number of furan rings is 1. The van der Waals surface area contributed by atoms with E-state index in [-0.39, 0.29) is 22.2 Å². The Morgan fingerprint density at radius 2 is 2.18 bits per heavy atom. The summed E-state index contributed by atoms with van der Waals surface area (Å²) < 4.78 is 10.0. The zero-order valence-electron chi connectivity index (χ0n) is 11.4. The van der Waals surface area contributed by atoms with Gasteiger partial charge in [0.1, 0.15) is 5.75 Å². The maximum Gasteiger partial charge on any atom is 0.293 e. The van der Waals surface area contributed by atoms with Crippen LogP contribution in [0.3, 0.4) is 0 Å². The van der Waals surface area contributed by atoms with Crippen molar-refractivity contribution in [3.8, 4) is 5.75 Å². The number of nitrogens with zero attached hydrogens (tertiary/aromatic N) is 1. The van der Waals surface area contributed by atoms with Crippen LogP contribution in [0.25, 0.3) is 0 Å². The first-order valence-corrected chi connectivity index (χ1v) is 6.40. The van der Waals surface area contributed by atoms with E-state index in [9.17, 15) is 14.9 Å². The largest absolute Gasteiger partial charge is 0.495 e. The van der Waals surface area contributed by atoms with Gasteiger partial charge >= 0.3 is 0 Å². The Bertz CT molecular complexity index is 714. The fourth-order valence-corrected chi connectivity index (χ4v) is 1.84. The number of thiocarbonyl (C=S) groups is 1. The lowest BCUT2D eigenvalue weighted by Gasteiger charge is -2.12. The van der Waals surface area contributed by atoms with Gasteiger partial charge in [-0.05, 0) is 30.4 Å². The van der Waals surface area contributed by atoms with E-state index in [0.29, 0.717) is 5.75 Å². The molecule has 2 rings (SSSR count). The Kier molecular flexibility index (Phi) is 4.69. The van der Waals surface area contributed by atoms with Gasteiger partial charge in [0.25, 0.3) is 11.6 Å². The number of amides is 1. The van der Waals surface area contributed by atoms with E-state index in [0.717, 1.165) is 0 Å². The minimum Gasteiger partial charge on any atom is -0.495 e. The number of rotatable bonds is 4. The van der Waals surface area contributed by atoms with Gasteiger partial charge in [0.2, 0.25) is 0 Å². The number of methoxy groups -OCH3 is 1. The van der Waals surface area contributed by atoms with Crippen LogP contribution in [0.1, 0.15) is 10.6 Å². The minimum atomic E-state index is -0.547. The van der Waals surface area contributed by atoms with Crippen LogP contribution in [0.15, 0.2) is 41.0 Å². The number of carbonyl (C=O) groups is 1. The van der Waals surface area contributed by atoms with Crippen molar-refractivity contribution in [2.75, 3.05) is 12.4 Å². The van der Waals surface area contributed by atoms with Gasteiger partial charge in [0.15, 0.2) is 10.9 Å². The van der Waals surface area contributed by atoms with Crippen molar-refractivity contribution in [2.24, 2.45) is 0 Å². The molecule has 1 aromatic carbocycles. The van der Waals surface area contributed by atoms with E-state index in [1.165, 1.54) is 37.6 Å². The Morgan fingerprint density at radius 3 is 2.77 bits per heavy atom. The Labute approximate surface area is 130 Å². The second kappa shape index (κ2) is 6.68. The number of carbonyl (C=O) groups excluding carboxylic acids is 1. The summed E-state index contributed by atoms with van der Waals surface area (Å²) in [5, 5.41) is 15.8. The SMILES string of the molecule is COc1ccc([N+](=O)[O-])cc1NC(=S)NC(=O)c1ccco1. The molecule has 114 valence electrons. The van der Waals surface area contributed by atoms with Crippen molar-refractivity contribution in [1.29, 1.82) is 0 Å². The standard InChI is InChI=1S/C13H11N3O5S/c1-20-10-5-4-8(16(18)19)7-9(10)14-13(22)15-12(17)11-3-2-6-21-11/h2-7H,1H3,(H2,14,15,17,22). The quantitative estimate of drug-likeness (QED) is 0.505. The Balaban J connectivity index is 2.12. The summed E-state index contributed by atoms with van der Waals surface area (Å²) in [4.78, 5) is 22.0. The molecule has 8 nitrogen and oxygen atoms in total. The first-order chi connectivity index (χ1) is 10.5. The third-order valence-corrected chi connectivity index (χ3v) is 2.82. The average molecular weight is 321 g/mol. The molecule has 0 aliphatic carbocycles. The van der Waals surface area contributed by atoms with Crippen molar-refractivity contribution >= 4 is 34.6 Å². The zero-order chi connectivity index (χ0) is 16.1.